The summed E-state index contributed by atoms with van der Waals surface area (Å²) >= 11 is 0. The van der Waals surface area contributed by atoms with Crippen LogP contribution in [0.3, 0.4) is 0 Å². The van der Waals surface area contributed by atoms with Gasteiger partial charge in [-0.3, -0.25) is 24.4 Å². The molecule has 156 valence electrons. The number of fused-ring (bicyclic) bond motifs is 1. The smallest absolute Gasteiger partial charge is 0.255 e. The third-order valence-corrected chi connectivity index (χ3v) is 5.99. The van der Waals surface area contributed by atoms with Crippen LogP contribution in [-0.2, 0) is 22.7 Å². The van der Waals surface area contributed by atoms with Crippen molar-refractivity contribution in [2.24, 2.45) is 0 Å². The lowest BCUT2D eigenvalue weighted by Gasteiger charge is -2.29. The lowest BCUT2D eigenvalue weighted by molar-refractivity contribution is -0.136. The molecule has 2 aliphatic rings. The molecule has 1 fully saturated rings. The number of benzene rings is 2. The zero-order valence-corrected chi connectivity index (χ0v) is 17.2. The molecule has 31 heavy (non-hydrogen) atoms. The van der Waals surface area contributed by atoms with E-state index in [1.807, 2.05) is 54.2 Å². The van der Waals surface area contributed by atoms with E-state index >= 15 is 0 Å². The van der Waals surface area contributed by atoms with Gasteiger partial charge in [-0.15, -0.1) is 0 Å². The molecule has 1 unspecified atom stereocenters. The summed E-state index contributed by atoms with van der Waals surface area (Å²) in [6, 6.07) is 15.3. The Morgan fingerprint density at radius 1 is 1.10 bits per heavy atom. The summed E-state index contributed by atoms with van der Waals surface area (Å²) < 4.78 is 1.97. The maximum Gasteiger partial charge on any atom is 0.255 e. The largest absolute Gasteiger partial charge is 0.322 e. The van der Waals surface area contributed by atoms with Crippen LogP contribution in [0, 0.1) is 6.92 Å². The van der Waals surface area contributed by atoms with Gasteiger partial charge < -0.3 is 4.90 Å². The highest BCUT2D eigenvalue weighted by Gasteiger charge is 2.39. The fraction of sp³-hybridized carbons (Fsp3) is 0.250. The van der Waals surface area contributed by atoms with Gasteiger partial charge in [-0.25, -0.2) is 0 Å². The molecule has 1 aromatic heterocycles. The van der Waals surface area contributed by atoms with E-state index in [2.05, 4.69) is 22.5 Å². The van der Waals surface area contributed by atoms with Crippen molar-refractivity contribution in [1.29, 1.82) is 0 Å². The van der Waals surface area contributed by atoms with Crippen LogP contribution in [0.4, 0.5) is 0 Å². The van der Waals surface area contributed by atoms with E-state index in [1.165, 1.54) is 0 Å². The molecular formula is C24H22N4O3. The normalized spacial score (nSPS) is 18.3. The molecule has 2 aliphatic heterocycles. The van der Waals surface area contributed by atoms with E-state index < -0.39 is 11.9 Å². The van der Waals surface area contributed by atoms with Crippen molar-refractivity contribution in [2.75, 3.05) is 0 Å². The minimum absolute atomic E-state index is 0.157. The Labute approximate surface area is 179 Å². The fourth-order valence-electron chi connectivity index (χ4n) is 4.47. The van der Waals surface area contributed by atoms with Crippen LogP contribution < -0.4 is 5.32 Å². The van der Waals surface area contributed by atoms with Crippen molar-refractivity contribution in [3.05, 3.63) is 77.0 Å². The molecule has 1 N–H and O–H groups in total. The van der Waals surface area contributed by atoms with Gasteiger partial charge in [0.2, 0.25) is 11.8 Å². The first kappa shape index (κ1) is 19.2. The van der Waals surface area contributed by atoms with Crippen molar-refractivity contribution < 1.29 is 14.4 Å². The molecule has 0 spiro atoms. The average Bonchev–Trinajstić information content (AvgIpc) is 3.28. The van der Waals surface area contributed by atoms with E-state index in [-0.39, 0.29) is 18.2 Å². The van der Waals surface area contributed by atoms with E-state index in [1.54, 1.807) is 4.90 Å². The number of aromatic nitrogens is 2. The van der Waals surface area contributed by atoms with Gasteiger partial charge in [0, 0.05) is 24.1 Å². The van der Waals surface area contributed by atoms with Crippen molar-refractivity contribution in [2.45, 2.75) is 38.9 Å². The van der Waals surface area contributed by atoms with Crippen LogP contribution in [-0.4, -0.2) is 38.4 Å². The number of aryl methyl sites for hydroxylation is 1. The van der Waals surface area contributed by atoms with Gasteiger partial charge in [-0.2, -0.15) is 5.10 Å². The Morgan fingerprint density at radius 2 is 1.90 bits per heavy atom. The number of imide groups is 1. The lowest BCUT2D eigenvalue weighted by Crippen LogP contribution is -2.52. The van der Waals surface area contributed by atoms with Crippen LogP contribution in [0.25, 0.3) is 11.3 Å². The predicted molar refractivity (Wildman–Crippen MR) is 114 cm³/mol. The fourth-order valence-corrected chi connectivity index (χ4v) is 4.47. The molecule has 7 nitrogen and oxygen atoms in total. The summed E-state index contributed by atoms with van der Waals surface area (Å²) in [6.45, 7) is 3.00. The molecule has 0 saturated carbocycles. The number of amides is 3. The molecule has 3 aromatic rings. The molecule has 7 heteroatoms. The Hall–Kier alpha value is -3.74. The molecule has 0 radical (unpaired) electrons. The minimum Gasteiger partial charge on any atom is -0.322 e. The Kier molecular flexibility index (Phi) is 4.66. The number of carbonyl (C=O) groups excluding carboxylic acids is 3. The topological polar surface area (TPSA) is 84.3 Å². The second-order valence-corrected chi connectivity index (χ2v) is 8.09. The average molecular weight is 414 g/mol. The van der Waals surface area contributed by atoms with Crippen molar-refractivity contribution in [3.8, 4) is 11.3 Å². The lowest BCUT2D eigenvalue weighted by atomic mass is 10.0. The highest BCUT2D eigenvalue weighted by Crippen LogP contribution is 2.29. The number of hydrogen-bond acceptors (Lipinski definition) is 4. The molecule has 0 bridgehead atoms. The Balaban J connectivity index is 1.40. The highest BCUT2D eigenvalue weighted by molar-refractivity contribution is 6.05. The maximum absolute atomic E-state index is 12.9. The van der Waals surface area contributed by atoms with Gasteiger partial charge in [0.25, 0.3) is 5.91 Å². The first-order valence-electron chi connectivity index (χ1n) is 10.4. The van der Waals surface area contributed by atoms with Gasteiger partial charge in [0.05, 0.1) is 18.4 Å². The maximum atomic E-state index is 12.9. The van der Waals surface area contributed by atoms with Gasteiger partial charge in [-0.05, 0) is 36.1 Å². The van der Waals surface area contributed by atoms with E-state index in [9.17, 15) is 14.4 Å². The van der Waals surface area contributed by atoms with Gasteiger partial charge >= 0.3 is 0 Å². The van der Waals surface area contributed by atoms with Crippen LogP contribution in [0.1, 0.15) is 39.9 Å². The SMILES string of the molecule is Cc1cnn(Cc2ccc3c(c2)CN(C2CCC(=O)NC2=O)C3=O)c1-c1ccccc1. The van der Waals surface area contributed by atoms with Crippen LogP contribution in [0.2, 0.25) is 0 Å². The van der Waals surface area contributed by atoms with Gasteiger partial charge in [-0.1, -0.05) is 42.5 Å². The van der Waals surface area contributed by atoms with Crippen LogP contribution in [0.5, 0.6) is 0 Å². The van der Waals surface area contributed by atoms with Gasteiger partial charge in [0.15, 0.2) is 0 Å². The van der Waals surface area contributed by atoms with Gasteiger partial charge in [0.1, 0.15) is 6.04 Å². The number of nitrogens with zero attached hydrogens (tertiary/aromatic N) is 3. The first-order chi connectivity index (χ1) is 15.0. The first-order valence-corrected chi connectivity index (χ1v) is 10.4. The zero-order valence-electron chi connectivity index (χ0n) is 17.2. The van der Waals surface area contributed by atoms with Crippen molar-refractivity contribution in [3.63, 3.8) is 0 Å². The number of carbonyl (C=O) groups is 3. The quantitative estimate of drug-likeness (QED) is 0.666. The molecule has 3 amide bonds. The van der Waals surface area contributed by atoms with Crippen molar-refractivity contribution >= 4 is 17.7 Å². The number of nitrogens with one attached hydrogen (secondary N) is 1. The van der Waals surface area contributed by atoms with Crippen LogP contribution in [0.15, 0.2) is 54.7 Å². The van der Waals surface area contributed by atoms with E-state index in [4.69, 9.17) is 0 Å². The second-order valence-electron chi connectivity index (χ2n) is 8.09. The van der Waals surface area contributed by atoms with E-state index in [0.29, 0.717) is 25.1 Å². The summed E-state index contributed by atoms with van der Waals surface area (Å²) in [6.07, 6.45) is 2.48. The third kappa shape index (κ3) is 3.42. The summed E-state index contributed by atoms with van der Waals surface area (Å²) in [4.78, 5) is 38.1. The molecule has 5 rings (SSSR count). The Morgan fingerprint density at radius 3 is 2.68 bits per heavy atom. The molecule has 1 saturated heterocycles. The monoisotopic (exact) mass is 414 g/mol. The summed E-state index contributed by atoms with van der Waals surface area (Å²) in [5, 5.41) is 6.89. The molecule has 1 atom stereocenters. The van der Waals surface area contributed by atoms with Crippen molar-refractivity contribution in [1.82, 2.24) is 20.0 Å². The number of rotatable bonds is 4. The summed E-state index contributed by atoms with van der Waals surface area (Å²) in [5.41, 5.74) is 5.84. The summed E-state index contributed by atoms with van der Waals surface area (Å²) in [5.74, 6) is -0.829. The third-order valence-electron chi connectivity index (χ3n) is 5.99. The second kappa shape index (κ2) is 7.50. The minimum atomic E-state index is -0.598. The molecule has 3 heterocycles. The number of piperidine rings is 1. The summed E-state index contributed by atoms with van der Waals surface area (Å²) in [7, 11) is 0. The highest BCUT2D eigenvalue weighted by atomic mass is 16.2. The number of hydrogen-bond donors (Lipinski definition) is 1. The molecule has 0 aliphatic carbocycles. The van der Waals surface area contributed by atoms with E-state index in [0.717, 1.165) is 27.9 Å². The predicted octanol–water partition coefficient (Wildman–Crippen LogP) is 2.67. The molecule has 2 aromatic carbocycles. The molecular weight excluding hydrogens is 392 g/mol. The zero-order chi connectivity index (χ0) is 21.5. The van der Waals surface area contributed by atoms with Crippen LogP contribution >= 0.6 is 0 Å². The Bertz CT molecular complexity index is 1200. The standard InChI is InChI=1S/C24H22N4O3/c1-15-12-25-28(22(15)17-5-3-2-4-6-17)13-16-7-8-19-18(11-16)14-27(24(19)31)20-9-10-21(29)26-23(20)30/h2-8,11-12,20H,9-10,13-14H2,1H3,(H,26,29,30).